The second-order valence-electron chi connectivity index (χ2n) is 7.37. The Morgan fingerprint density at radius 3 is 2.29 bits per heavy atom. The van der Waals surface area contributed by atoms with Crippen LogP contribution in [0.3, 0.4) is 0 Å². The molecule has 0 aliphatic carbocycles. The van der Waals surface area contributed by atoms with Gasteiger partial charge in [0.2, 0.25) is 0 Å². The van der Waals surface area contributed by atoms with Crippen molar-refractivity contribution in [2.75, 3.05) is 6.61 Å². The molecule has 1 saturated heterocycles. The van der Waals surface area contributed by atoms with Gasteiger partial charge in [-0.25, -0.2) is 8.78 Å². The van der Waals surface area contributed by atoms with Crippen LogP contribution in [0, 0.1) is 6.92 Å². The van der Waals surface area contributed by atoms with Gasteiger partial charge in [0.05, 0.1) is 6.61 Å². The summed E-state index contributed by atoms with van der Waals surface area (Å²) in [7, 11) is 0. The summed E-state index contributed by atoms with van der Waals surface area (Å²) in [6, 6.07) is 13.6. The molecular formula is C22H26F2O4. The summed E-state index contributed by atoms with van der Waals surface area (Å²) in [4.78, 5) is 0. The van der Waals surface area contributed by atoms with Crippen molar-refractivity contribution in [3.8, 4) is 0 Å². The number of benzene rings is 2. The topological polar surface area (TPSA) is 69.9 Å². The van der Waals surface area contributed by atoms with Crippen molar-refractivity contribution < 1.29 is 28.8 Å². The van der Waals surface area contributed by atoms with Crippen LogP contribution in [-0.4, -0.2) is 46.2 Å². The molecule has 3 N–H and O–H groups in total. The van der Waals surface area contributed by atoms with Crippen molar-refractivity contribution >= 4 is 0 Å². The molecule has 6 heteroatoms. The minimum Gasteiger partial charge on any atom is -0.393 e. The fraction of sp³-hybridized carbons (Fsp3) is 0.455. The van der Waals surface area contributed by atoms with E-state index >= 15 is 0 Å². The molecular weight excluding hydrogens is 366 g/mol. The summed E-state index contributed by atoms with van der Waals surface area (Å²) in [6.07, 6.45) is -5.51. The highest BCUT2D eigenvalue weighted by molar-refractivity contribution is 5.37. The number of hydrogen-bond acceptors (Lipinski definition) is 4. The predicted molar refractivity (Wildman–Crippen MR) is 101 cm³/mol. The van der Waals surface area contributed by atoms with Gasteiger partial charge in [-0.2, -0.15) is 0 Å². The van der Waals surface area contributed by atoms with Gasteiger partial charge in [0.1, 0.15) is 24.4 Å². The predicted octanol–water partition coefficient (Wildman–Crippen LogP) is 2.94. The molecule has 0 saturated carbocycles. The van der Waals surface area contributed by atoms with E-state index in [2.05, 4.69) is 31.2 Å². The molecule has 0 spiro atoms. The molecule has 0 radical (unpaired) electrons. The summed E-state index contributed by atoms with van der Waals surface area (Å²) in [5.74, 6) is -3.72. The van der Waals surface area contributed by atoms with E-state index in [1.54, 1.807) is 6.07 Å². The highest BCUT2D eigenvalue weighted by Gasteiger charge is 2.57. The first-order chi connectivity index (χ1) is 13.3. The van der Waals surface area contributed by atoms with E-state index in [1.165, 1.54) is 5.56 Å². The molecule has 0 unspecified atom stereocenters. The van der Waals surface area contributed by atoms with Gasteiger partial charge in [0.15, 0.2) is 0 Å². The van der Waals surface area contributed by atoms with Gasteiger partial charge in [-0.3, -0.25) is 0 Å². The van der Waals surface area contributed by atoms with Crippen LogP contribution in [0.1, 0.15) is 40.8 Å². The van der Waals surface area contributed by atoms with Crippen LogP contribution in [0.15, 0.2) is 42.5 Å². The van der Waals surface area contributed by atoms with Crippen LogP contribution in [0.5, 0.6) is 0 Å². The quantitative estimate of drug-likeness (QED) is 0.732. The van der Waals surface area contributed by atoms with Gasteiger partial charge in [-0.05, 0) is 47.6 Å². The van der Waals surface area contributed by atoms with E-state index < -0.39 is 36.9 Å². The van der Waals surface area contributed by atoms with Gasteiger partial charge in [0, 0.05) is 0 Å². The lowest BCUT2D eigenvalue weighted by atomic mass is 9.88. The van der Waals surface area contributed by atoms with Crippen LogP contribution in [0.25, 0.3) is 0 Å². The number of alkyl halides is 2. The monoisotopic (exact) mass is 392 g/mol. The average Bonchev–Trinajstić information content (AvgIpc) is 2.69. The number of aliphatic hydroxyl groups is 3. The fourth-order valence-electron chi connectivity index (χ4n) is 3.54. The molecule has 152 valence electrons. The molecule has 1 aliphatic rings. The summed E-state index contributed by atoms with van der Waals surface area (Å²) in [5.41, 5.74) is 4.86. The third kappa shape index (κ3) is 3.96. The molecule has 0 amide bonds. The summed E-state index contributed by atoms with van der Waals surface area (Å²) in [5, 5.41) is 29.3. The van der Waals surface area contributed by atoms with E-state index in [0.29, 0.717) is 12.0 Å². The van der Waals surface area contributed by atoms with E-state index in [-0.39, 0.29) is 0 Å². The smallest absolute Gasteiger partial charge is 0.303 e. The Balaban J connectivity index is 1.87. The molecule has 1 aliphatic heterocycles. The van der Waals surface area contributed by atoms with Crippen molar-refractivity contribution in [1.82, 2.24) is 0 Å². The van der Waals surface area contributed by atoms with E-state index in [4.69, 9.17) is 4.74 Å². The average molecular weight is 392 g/mol. The molecule has 3 rings (SSSR count). The number of hydrogen-bond donors (Lipinski definition) is 3. The summed E-state index contributed by atoms with van der Waals surface area (Å²) < 4.78 is 33.3. The molecule has 2 aromatic carbocycles. The number of aliphatic hydroxyl groups excluding tert-OH is 3. The molecule has 0 bridgehead atoms. The first-order valence-electron chi connectivity index (χ1n) is 9.45. The lowest BCUT2D eigenvalue weighted by molar-refractivity contribution is -0.296. The van der Waals surface area contributed by atoms with Gasteiger partial charge in [-0.15, -0.1) is 0 Å². The molecule has 0 aromatic heterocycles. The molecule has 2 aromatic rings. The zero-order valence-corrected chi connectivity index (χ0v) is 16.0. The van der Waals surface area contributed by atoms with Crippen molar-refractivity contribution in [1.29, 1.82) is 0 Å². The molecule has 28 heavy (non-hydrogen) atoms. The highest BCUT2D eigenvalue weighted by atomic mass is 19.3. The number of rotatable bonds is 5. The van der Waals surface area contributed by atoms with Crippen molar-refractivity contribution in [3.05, 3.63) is 70.3 Å². The Hall–Kier alpha value is -1.86. The van der Waals surface area contributed by atoms with E-state index in [1.807, 2.05) is 19.1 Å². The maximum atomic E-state index is 14.0. The lowest BCUT2D eigenvalue weighted by Crippen LogP contribution is -2.59. The van der Waals surface area contributed by atoms with E-state index in [0.717, 1.165) is 23.1 Å². The Labute approximate surface area is 163 Å². The van der Waals surface area contributed by atoms with Crippen LogP contribution < -0.4 is 0 Å². The summed E-state index contributed by atoms with van der Waals surface area (Å²) >= 11 is 0. The van der Waals surface area contributed by atoms with Gasteiger partial charge in [0.25, 0.3) is 0 Å². The van der Waals surface area contributed by atoms with Crippen LogP contribution in [-0.2, 0) is 17.6 Å². The number of aryl methyl sites for hydroxylation is 2. The van der Waals surface area contributed by atoms with Crippen LogP contribution >= 0.6 is 0 Å². The standard InChI is InChI=1S/C22H26F2O4/c1-3-14-5-7-15(8-6-14)10-17-11-16(9-4-13(17)2)20-19(26)21(27)22(23,24)18(12-25)28-20/h4-9,11,18-21,25-27H,3,10,12H2,1-2H3/t18-,19-,20+,21+/m0/s1. The first-order valence-corrected chi connectivity index (χ1v) is 9.45. The normalized spacial score (nSPS) is 27.0. The van der Waals surface area contributed by atoms with Gasteiger partial charge >= 0.3 is 5.92 Å². The Bertz CT molecular complexity index is 803. The van der Waals surface area contributed by atoms with Crippen molar-refractivity contribution in [2.45, 2.75) is 57.0 Å². The molecule has 4 nitrogen and oxygen atoms in total. The molecule has 1 fully saturated rings. The molecule has 4 atom stereocenters. The third-order valence-electron chi connectivity index (χ3n) is 5.46. The second-order valence-corrected chi connectivity index (χ2v) is 7.37. The van der Waals surface area contributed by atoms with Crippen LogP contribution in [0.2, 0.25) is 0 Å². The zero-order valence-electron chi connectivity index (χ0n) is 16.0. The summed E-state index contributed by atoms with van der Waals surface area (Å²) in [6.45, 7) is 3.10. The zero-order chi connectivity index (χ0) is 20.5. The molecule has 1 heterocycles. The van der Waals surface area contributed by atoms with Crippen molar-refractivity contribution in [3.63, 3.8) is 0 Å². The van der Waals surface area contributed by atoms with Gasteiger partial charge in [-0.1, -0.05) is 49.4 Å². The third-order valence-corrected chi connectivity index (χ3v) is 5.46. The van der Waals surface area contributed by atoms with Crippen LogP contribution in [0.4, 0.5) is 8.78 Å². The number of ether oxygens (including phenoxy) is 1. The maximum Gasteiger partial charge on any atom is 0.303 e. The Kier molecular flexibility index (Phi) is 6.15. The highest BCUT2D eigenvalue weighted by Crippen LogP contribution is 2.41. The fourth-order valence-corrected chi connectivity index (χ4v) is 3.54. The second kappa shape index (κ2) is 8.25. The minimum absolute atomic E-state index is 0.492. The van der Waals surface area contributed by atoms with Crippen molar-refractivity contribution in [2.24, 2.45) is 0 Å². The van der Waals surface area contributed by atoms with E-state index in [9.17, 15) is 24.1 Å². The lowest BCUT2D eigenvalue weighted by Gasteiger charge is -2.42. The first kappa shape index (κ1) is 20.9. The minimum atomic E-state index is -3.72. The maximum absolute atomic E-state index is 14.0. The largest absolute Gasteiger partial charge is 0.393 e. The van der Waals surface area contributed by atoms with Gasteiger partial charge < -0.3 is 20.1 Å². The Morgan fingerprint density at radius 2 is 1.68 bits per heavy atom. The number of halogens is 2. The Morgan fingerprint density at radius 1 is 1.04 bits per heavy atom. The SMILES string of the molecule is CCc1ccc(Cc2cc([C@H]3O[C@@H](CO)C(F)(F)[C@H](O)[C@H]3O)ccc2C)cc1.